The van der Waals surface area contributed by atoms with Crippen LogP contribution in [0.4, 0.5) is 14.5 Å². The van der Waals surface area contributed by atoms with Crippen LogP contribution >= 0.6 is 0 Å². The lowest BCUT2D eigenvalue weighted by Crippen LogP contribution is -2.04. The van der Waals surface area contributed by atoms with Gasteiger partial charge in [0.15, 0.2) is 0 Å². The number of benzene rings is 2. The molecule has 0 saturated heterocycles. The molecule has 5 heteroatoms. The van der Waals surface area contributed by atoms with Crippen molar-refractivity contribution in [2.24, 2.45) is 0 Å². The maximum atomic E-state index is 12.1. The van der Waals surface area contributed by atoms with Crippen LogP contribution in [0.3, 0.4) is 0 Å². The van der Waals surface area contributed by atoms with Gasteiger partial charge < -0.3 is 14.8 Å². The molecule has 0 amide bonds. The third kappa shape index (κ3) is 5.00. The minimum absolute atomic E-state index is 0.162. The highest BCUT2D eigenvalue weighted by atomic mass is 19.3. The van der Waals surface area contributed by atoms with Gasteiger partial charge in [-0.2, -0.15) is 8.78 Å². The maximum Gasteiger partial charge on any atom is 0.387 e. The molecule has 2 aromatic carbocycles. The van der Waals surface area contributed by atoms with Crippen LogP contribution in [-0.4, -0.2) is 13.2 Å². The van der Waals surface area contributed by atoms with Gasteiger partial charge in [-0.1, -0.05) is 30.3 Å². The van der Waals surface area contributed by atoms with Crippen molar-refractivity contribution in [2.75, 3.05) is 11.9 Å². The van der Waals surface area contributed by atoms with Gasteiger partial charge in [-0.15, -0.1) is 0 Å². The topological polar surface area (TPSA) is 30.5 Å². The molecule has 2 aromatic rings. The first-order valence-electron chi connectivity index (χ1n) is 7.12. The smallest absolute Gasteiger partial charge is 0.387 e. The van der Waals surface area contributed by atoms with Gasteiger partial charge in [0.1, 0.15) is 5.75 Å². The molecular formula is C17H19F2NO2. The Hall–Kier alpha value is -2.14. The largest absolute Gasteiger partial charge is 0.435 e. The molecule has 22 heavy (non-hydrogen) atoms. The minimum Gasteiger partial charge on any atom is -0.435 e. The first-order valence-corrected chi connectivity index (χ1v) is 7.12. The Balaban J connectivity index is 1.95. The van der Waals surface area contributed by atoms with Gasteiger partial charge in [-0.3, -0.25) is 0 Å². The number of halogens is 2. The van der Waals surface area contributed by atoms with Gasteiger partial charge in [0.25, 0.3) is 0 Å². The fourth-order valence-corrected chi connectivity index (χ4v) is 2.02. The van der Waals surface area contributed by atoms with Gasteiger partial charge in [0.2, 0.25) is 0 Å². The van der Waals surface area contributed by atoms with E-state index in [0.717, 1.165) is 16.8 Å². The summed E-state index contributed by atoms with van der Waals surface area (Å²) < 4.78 is 33.9. The van der Waals surface area contributed by atoms with E-state index in [1.165, 1.54) is 12.1 Å². The number of alkyl halides is 2. The summed E-state index contributed by atoms with van der Waals surface area (Å²) in [4.78, 5) is 0. The van der Waals surface area contributed by atoms with E-state index in [1.54, 1.807) is 12.1 Å². The Morgan fingerprint density at radius 3 is 2.45 bits per heavy atom. The summed E-state index contributed by atoms with van der Waals surface area (Å²) in [5.41, 5.74) is 3.07. The zero-order valence-electron chi connectivity index (χ0n) is 12.4. The Bertz CT molecular complexity index is 573. The van der Waals surface area contributed by atoms with E-state index in [-0.39, 0.29) is 5.75 Å². The third-order valence-electron chi connectivity index (χ3n) is 3.11. The molecule has 0 aromatic heterocycles. The molecule has 0 unspecified atom stereocenters. The molecule has 2 rings (SSSR count). The van der Waals surface area contributed by atoms with Crippen molar-refractivity contribution < 1.29 is 18.3 Å². The quantitative estimate of drug-likeness (QED) is 0.782. The molecule has 1 N–H and O–H groups in total. The number of para-hydroxylation sites is 1. The SMILES string of the molecule is CCOCc1ccccc1NCc1ccc(OC(F)F)cc1. The summed E-state index contributed by atoms with van der Waals surface area (Å²) in [5, 5.41) is 3.33. The van der Waals surface area contributed by atoms with Gasteiger partial charge in [0, 0.05) is 24.4 Å². The van der Waals surface area contributed by atoms with Crippen molar-refractivity contribution in [1.82, 2.24) is 0 Å². The second-order valence-electron chi connectivity index (χ2n) is 4.67. The summed E-state index contributed by atoms with van der Waals surface area (Å²) >= 11 is 0. The monoisotopic (exact) mass is 307 g/mol. The second kappa shape index (κ2) is 8.34. The average molecular weight is 307 g/mol. The Kier molecular flexibility index (Phi) is 6.15. The van der Waals surface area contributed by atoms with E-state index in [1.807, 2.05) is 31.2 Å². The standard InChI is InChI=1S/C17H19F2NO2/c1-2-21-12-14-5-3-4-6-16(14)20-11-13-7-9-15(10-8-13)22-17(18)19/h3-10,17,20H,2,11-12H2,1H3. The average Bonchev–Trinajstić information content (AvgIpc) is 2.52. The Labute approximate surface area is 128 Å². The molecule has 0 saturated carbocycles. The summed E-state index contributed by atoms with van der Waals surface area (Å²) in [5.74, 6) is 0.162. The van der Waals surface area contributed by atoms with Crippen LogP contribution in [-0.2, 0) is 17.9 Å². The first-order chi connectivity index (χ1) is 10.7. The fraction of sp³-hybridized carbons (Fsp3) is 0.294. The van der Waals surface area contributed by atoms with Crippen molar-refractivity contribution >= 4 is 5.69 Å². The van der Waals surface area contributed by atoms with Gasteiger partial charge in [-0.05, 0) is 30.7 Å². The van der Waals surface area contributed by atoms with Crippen LogP contribution in [0.1, 0.15) is 18.1 Å². The maximum absolute atomic E-state index is 12.1. The van der Waals surface area contributed by atoms with Crippen molar-refractivity contribution in [2.45, 2.75) is 26.7 Å². The van der Waals surface area contributed by atoms with E-state index < -0.39 is 6.61 Å². The zero-order valence-corrected chi connectivity index (χ0v) is 12.4. The van der Waals surface area contributed by atoms with Crippen LogP contribution in [0.25, 0.3) is 0 Å². The predicted octanol–water partition coefficient (Wildman–Crippen LogP) is 4.44. The van der Waals surface area contributed by atoms with Crippen molar-refractivity contribution in [3.63, 3.8) is 0 Å². The second-order valence-corrected chi connectivity index (χ2v) is 4.67. The van der Waals surface area contributed by atoms with Crippen molar-refractivity contribution in [3.8, 4) is 5.75 Å². The molecule has 0 aliphatic rings. The normalized spacial score (nSPS) is 10.7. The lowest BCUT2D eigenvalue weighted by molar-refractivity contribution is -0.0498. The molecule has 0 fully saturated rings. The number of hydrogen-bond acceptors (Lipinski definition) is 3. The van der Waals surface area contributed by atoms with E-state index in [0.29, 0.717) is 19.8 Å². The Morgan fingerprint density at radius 2 is 1.77 bits per heavy atom. The molecule has 0 aliphatic carbocycles. The third-order valence-corrected chi connectivity index (χ3v) is 3.11. The zero-order chi connectivity index (χ0) is 15.8. The van der Waals surface area contributed by atoms with Crippen LogP contribution in [0, 0.1) is 0 Å². The summed E-state index contributed by atoms with van der Waals surface area (Å²) in [6.07, 6.45) is 0. The predicted molar refractivity (Wildman–Crippen MR) is 82.2 cm³/mol. The van der Waals surface area contributed by atoms with Gasteiger partial charge >= 0.3 is 6.61 Å². The molecular weight excluding hydrogens is 288 g/mol. The van der Waals surface area contributed by atoms with Gasteiger partial charge in [-0.25, -0.2) is 0 Å². The van der Waals surface area contributed by atoms with Crippen LogP contribution in [0.15, 0.2) is 48.5 Å². The first kappa shape index (κ1) is 16.2. The highest BCUT2D eigenvalue weighted by Gasteiger charge is 2.04. The van der Waals surface area contributed by atoms with E-state index >= 15 is 0 Å². The summed E-state index contributed by atoms with van der Waals surface area (Å²) in [6, 6.07) is 14.5. The molecule has 118 valence electrons. The lowest BCUT2D eigenvalue weighted by Gasteiger charge is -2.12. The summed E-state index contributed by atoms with van der Waals surface area (Å²) in [6.45, 7) is 0.979. The number of anilines is 1. The highest BCUT2D eigenvalue weighted by Crippen LogP contribution is 2.19. The van der Waals surface area contributed by atoms with Crippen molar-refractivity contribution in [1.29, 1.82) is 0 Å². The van der Waals surface area contributed by atoms with E-state index in [2.05, 4.69) is 10.1 Å². The molecule has 0 radical (unpaired) electrons. The Morgan fingerprint density at radius 1 is 1.05 bits per heavy atom. The van der Waals surface area contributed by atoms with Crippen LogP contribution in [0.5, 0.6) is 5.75 Å². The molecule has 0 spiro atoms. The van der Waals surface area contributed by atoms with Gasteiger partial charge in [0.05, 0.1) is 6.61 Å². The fourth-order valence-electron chi connectivity index (χ4n) is 2.02. The molecule has 0 heterocycles. The molecule has 0 atom stereocenters. The number of nitrogens with one attached hydrogen (secondary N) is 1. The number of rotatable bonds is 8. The molecule has 0 aliphatic heterocycles. The van der Waals surface area contributed by atoms with Crippen molar-refractivity contribution in [3.05, 3.63) is 59.7 Å². The van der Waals surface area contributed by atoms with E-state index in [9.17, 15) is 8.78 Å². The molecule has 0 bridgehead atoms. The minimum atomic E-state index is -2.80. The number of hydrogen-bond donors (Lipinski definition) is 1. The number of ether oxygens (including phenoxy) is 2. The van der Waals surface area contributed by atoms with Crippen LogP contribution < -0.4 is 10.1 Å². The highest BCUT2D eigenvalue weighted by molar-refractivity contribution is 5.51. The van der Waals surface area contributed by atoms with E-state index in [4.69, 9.17) is 4.74 Å². The lowest BCUT2D eigenvalue weighted by atomic mass is 10.1. The van der Waals surface area contributed by atoms with Crippen LogP contribution in [0.2, 0.25) is 0 Å². The summed E-state index contributed by atoms with van der Waals surface area (Å²) in [7, 11) is 0. The molecule has 3 nitrogen and oxygen atoms in total.